The Morgan fingerprint density at radius 2 is 1.94 bits per heavy atom. The van der Waals surface area contributed by atoms with E-state index in [0.717, 1.165) is 24.2 Å². The Kier molecular flexibility index (Phi) is 5.73. The third-order valence-corrected chi connectivity index (χ3v) is 5.76. The van der Waals surface area contributed by atoms with Gasteiger partial charge in [0.1, 0.15) is 11.5 Å². The van der Waals surface area contributed by atoms with E-state index in [1.54, 1.807) is 11.8 Å². The number of nitrogens with two attached hydrogens (primary N) is 1. The Balaban J connectivity index is 1.68. The Bertz CT molecular complexity index is 1210. The lowest BCUT2D eigenvalue weighted by atomic mass is 9.99. The maximum absolute atomic E-state index is 14.6. The Morgan fingerprint density at radius 1 is 1.16 bits per heavy atom. The largest absolute Gasteiger partial charge is 0.365 e. The zero-order chi connectivity index (χ0) is 23.0. The van der Waals surface area contributed by atoms with Gasteiger partial charge in [-0.3, -0.25) is 9.59 Å². The van der Waals surface area contributed by atoms with Crippen molar-refractivity contribution in [1.82, 2.24) is 24.6 Å². The van der Waals surface area contributed by atoms with Gasteiger partial charge in [0.2, 0.25) is 0 Å². The third-order valence-electron chi connectivity index (χ3n) is 5.76. The number of piperidine rings is 1. The van der Waals surface area contributed by atoms with Crippen LogP contribution in [0.25, 0.3) is 5.69 Å². The smallest absolute Gasteiger partial charge is 0.254 e. The molecule has 1 saturated heterocycles. The van der Waals surface area contributed by atoms with E-state index >= 15 is 0 Å². The van der Waals surface area contributed by atoms with Crippen molar-refractivity contribution in [2.24, 2.45) is 5.73 Å². The molecule has 0 spiro atoms. The van der Waals surface area contributed by atoms with Crippen LogP contribution in [0.2, 0.25) is 0 Å². The van der Waals surface area contributed by atoms with Crippen LogP contribution in [0.15, 0.2) is 30.5 Å². The zero-order valence-corrected chi connectivity index (χ0v) is 18.3. The van der Waals surface area contributed by atoms with E-state index in [1.807, 2.05) is 19.9 Å². The van der Waals surface area contributed by atoms with Crippen LogP contribution in [0, 0.1) is 26.6 Å². The van der Waals surface area contributed by atoms with Crippen molar-refractivity contribution < 1.29 is 14.0 Å². The molecule has 1 aliphatic heterocycles. The van der Waals surface area contributed by atoms with Crippen molar-refractivity contribution in [2.75, 3.05) is 6.54 Å². The molecule has 0 unspecified atom stereocenters. The standard InChI is InChI=1S/C23H25FN6O2/c1-13-10-14(2)30(28-13)20-11-16(7-8-18(20)24)23(32)29-9-5-4-6-19(29)22-26-12-17(21(25)31)15(3)27-22/h7-8,10-12,19H,4-6,9H2,1-3H3,(H2,25,31)/t19-/m1/s1. The highest BCUT2D eigenvalue weighted by atomic mass is 19.1. The molecule has 2 aromatic heterocycles. The van der Waals surface area contributed by atoms with Crippen LogP contribution in [0.1, 0.15) is 68.9 Å². The van der Waals surface area contributed by atoms with Crippen molar-refractivity contribution in [3.05, 3.63) is 70.3 Å². The number of nitrogens with zero attached hydrogens (tertiary/aromatic N) is 5. The lowest BCUT2D eigenvalue weighted by Crippen LogP contribution is -2.39. The van der Waals surface area contributed by atoms with Crippen molar-refractivity contribution >= 4 is 11.8 Å². The molecule has 3 heterocycles. The van der Waals surface area contributed by atoms with E-state index in [9.17, 15) is 14.0 Å². The first-order valence-corrected chi connectivity index (χ1v) is 10.5. The molecule has 0 radical (unpaired) electrons. The number of aryl methyl sites for hydroxylation is 3. The summed E-state index contributed by atoms with van der Waals surface area (Å²) in [6.45, 7) is 5.90. The molecule has 1 atom stereocenters. The topological polar surface area (TPSA) is 107 Å². The number of hydrogen-bond acceptors (Lipinski definition) is 5. The van der Waals surface area contributed by atoms with E-state index in [4.69, 9.17) is 5.73 Å². The van der Waals surface area contributed by atoms with Crippen molar-refractivity contribution in [2.45, 2.75) is 46.1 Å². The van der Waals surface area contributed by atoms with Gasteiger partial charge >= 0.3 is 0 Å². The summed E-state index contributed by atoms with van der Waals surface area (Å²) in [5.41, 5.74) is 8.24. The summed E-state index contributed by atoms with van der Waals surface area (Å²) in [5, 5.41) is 4.34. The number of aromatic nitrogens is 4. The van der Waals surface area contributed by atoms with Gasteiger partial charge in [0.25, 0.3) is 11.8 Å². The summed E-state index contributed by atoms with van der Waals surface area (Å²) in [6.07, 6.45) is 3.89. The highest BCUT2D eigenvalue weighted by Crippen LogP contribution is 2.31. The molecule has 0 bridgehead atoms. The number of halogens is 1. The quantitative estimate of drug-likeness (QED) is 0.676. The number of amides is 2. The predicted molar refractivity (Wildman–Crippen MR) is 116 cm³/mol. The first-order chi connectivity index (χ1) is 15.3. The molecule has 1 aromatic carbocycles. The number of rotatable bonds is 4. The molecule has 32 heavy (non-hydrogen) atoms. The van der Waals surface area contributed by atoms with Crippen molar-refractivity contribution in [1.29, 1.82) is 0 Å². The van der Waals surface area contributed by atoms with Gasteiger partial charge in [-0.2, -0.15) is 5.10 Å². The summed E-state index contributed by atoms with van der Waals surface area (Å²) < 4.78 is 16.1. The van der Waals surface area contributed by atoms with E-state index < -0.39 is 11.7 Å². The van der Waals surface area contributed by atoms with Gasteiger partial charge in [-0.05, 0) is 64.3 Å². The van der Waals surface area contributed by atoms with E-state index in [2.05, 4.69) is 15.1 Å². The molecule has 8 nitrogen and oxygen atoms in total. The number of hydrogen-bond donors (Lipinski definition) is 1. The average Bonchev–Trinajstić information content (AvgIpc) is 3.11. The lowest BCUT2D eigenvalue weighted by Gasteiger charge is -2.35. The monoisotopic (exact) mass is 436 g/mol. The van der Waals surface area contributed by atoms with Crippen LogP contribution in [0.3, 0.4) is 0 Å². The molecule has 4 rings (SSSR count). The van der Waals surface area contributed by atoms with Crippen LogP contribution in [-0.2, 0) is 0 Å². The molecule has 0 saturated carbocycles. The van der Waals surface area contributed by atoms with Crippen LogP contribution >= 0.6 is 0 Å². The van der Waals surface area contributed by atoms with E-state index in [1.165, 1.54) is 29.1 Å². The molecular formula is C23H25FN6O2. The van der Waals surface area contributed by atoms with Gasteiger partial charge in [-0.25, -0.2) is 19.0 Å². The molecule has 0 aliphatic carbocycles. The van der Waals surface area contributed by atoms with Crippen molar-refractivity contribution in [3.8, 4) is 5.69 Å². The number of carbonyl (C=O) groups excluding carboxylic acids is 2. The average molecular weight is 436 g/mol. The second-order valence-corrected chi connectivity index (χ2v) is 8.11. The molecule has 1 fully saturated rings. The summed E-state index contributed by atoms with van der Waals surface area (Å²) in [7, 11) is 0. The van der Waals surface area contributed by atoms with Crippen LogP contribution < -0.4 is 5.73 Å². The van der Waals surface area contributed by atoms with Gasteiger partial charge in [0.05, 0.1) is 23.0 Å². The van der Waals surface area contributed by atoms with E-state index in [0.29, 0.717) is 30.0 Å². The fraction of sp³-hybridized carbons (Fsp3) is 0.348. The number of likely N-dealkylation sites (tertiary alicyclic amines) is 1. The molecule has 3 aromatic rings. The van der Waals surface area contributed by atoms with Crippen LogP contribution in [0.5, 0.6) is 0 Å². The minimum absolute atomic E-state index is 0.224. The number of carbonyl (C=O) groups is 2. The van der Waals surface area contributed by atoms with Crippen LogP contribution in [0.4, 0.5) is 4.39 Å². The van der Waals surface area contributed by atoms with Gasteiger partial charge in [0, 0.05) is 24.0 Å². The third kappa shape index (κ3) is 3.98. The Hall–Kier alpha value is -3.62. The fourth-order valence-corrected chi connectivity index (χ4v) is 4.18. The highest BCUT2D eigenvalue weighted by Gasteiger charge is 2.31. The second kappa shape index (κ2) is 8.49. The molecule has 9 heteroatoms. The molecule has 166 valence electrons. The molecule has 1 aliphatic rings. The lowest BCUT2D eigenvalue weighted by molar-refractivity contribution is 0.0599. The summed E-state index contributed by atoms with van der Waals surface area (Å²) in [4.78, 5) is 35.5. The Labute approximate surface area is 185 Å². The van der Waals surface area contributed by atoms with Crippen LogP contribution in [-0.4, -0.2) is 43.0 Å². The molecule has 2 N–H and O–H groups in total. The predicted octanol–water partition coefficient (Wildman–Crippen LogP) is 3.19. The molecule has 2 amide bonds. The summed E-state index contributed by atoms with van der Waals surface area (Å²) >= 11 is 0. The number of primary amides is 1. The van der Waals surface area contributed by atoms with Gasteiger partial charge < -0.3 is 10.6 Å². The van der Waals surface area contributed by atoms with Crippen molar-refractivity contribution in [3.63, 3.8) is 0 Å². The SMILES string of the molecule is Cc1cc(C)n(-c2cc(C(=O)N3CCCC[C@@H]3c3ncc(C(N)=O)c(C)n3)ccc2F)n1. The number of benzene rings is 1. The van der Waals surface area contributed by atoms with Gasteiger partial charge in [-0.15, -0.1) is 0 Å². The second-order valence-electron chi connectivity index (χ2n) is 8.11. The zero-order valence-electron chi connectivity index (χ0n) is 18.3. The maximum Gasteiger partial charge on any atom is 0.254 e. The summed E-state index contributed by atoms with van der Waals surface area (Å²) in [5.74, 6) is -0.795. The van der Waals surface area contributed by atoms with Gasteiger partial charge in [0.15, 0.2) is 5.82 Å². The first-order valence-electron chi connectivity index (χ1n) is 10.5. The molecular weight excluding hydrogens is 411 g/mol. The highest BCUT2D eigenvalue weighted by molar-refractivity contribution is 5.95. The minimum atomic E-state index is -0.589. The first kappa shape index (κ1) is 21.6. The Morgan fingerprint density at radius 3 is 2.59 bits per heavy atom. The normalized spacial score (nSPS) is 16.2. The van der Waals surface area contributed by atoms with E-state index in [-0.39, 0.29) is 23.2 Å². The fourth-order valence-electron chi connectivity index (χ4n) is 4.18. The van der Waals surface area contributed by atoms with Gasteiger partial charge in [-0.1, -0.05) is 0 Å². The maximum atomic E-state index is 14.6. The minimum Gasteiger partial charge on any atom is -0.365 e. The summed E-state index contributed by atoms with van der Waals surface area (Å²) in [6, 6.07) is 5.83.